The number of carbonyl (C=O) groups is 1. The van der Waals surface area contributed by atoms with Gasteiger partial charge in [-0.2, -0.15) is 0 Å². The molecule has 1 N–H and O–H groups in total. The van der Waals surface area contributed by atoms with Gasteiger partial charge in [0.1, 0.15) is 11.6 Å². The molecule has 158 valence electrons. The zero-order valence-corrected chi connectivity index (χ0v) is 16.2. The molecule has 10 heteroatoms. The standard InChI is InChI=1S/C20H20F3N5O2/c1-12(24-20(29)16-3-2-10-30-16)19-26-25-17-6-7-27(8-9-28(17)19)11-13-14(21)4-5-15(22)18(13)23/h2-5,10,12H,6-9,11H2,1H3,(H,24,29)/t12-/m0/s1. The molecule has 0 spiro atoms. The van der Waals surface area contributed by atoms with Crippen molar-refractivity contribution in [2.75, 3.05) is 13.1 Å². The second-order valence-electron chi connectivity index (χ2n) is 7.15. The molecule has 0 bridgehead atoms. The first-order valence-corrected chi connectivity index (χ1v) is 9.55. The van der Waals surface area contributed by atoms with Gasteiger partial charge >= 0.3 is 0 Å². The van der Waals surface area contributed by atoms with E-state index in [1.54, 1.807) is 19.1 Å². The second kappa shape index (κ2) is 8.31. The van der Waals surface area contributed by atoms with Gasteiger partial charge in [-0.3, -0.25) is 9.69 Å². The van der Waals surface area contributed by atoms with Gasteiger partial charge in [0.05, 0.1) is 12.3 Å². The van der Waals surface area contributed by atoms with Crippen molar-refractivity contribution in [3.05, 3.63) is 71.0 Å². The summed E-state index contributed by atoms with van der Waals surface area (Å²) in [5.41, 5.74) is -0.285. The minimum absolute atomic E-state index is 0.0478. The highest BCUT2D eigenvalue weighted by Gasteiger charge is 2.25. The summed E-state index contributed by atoms with van der Waals surface area (Å²) in [7, 11) is 0. The maximum absolute atomic E-state index is 14.0. The Labute approximate surface area is 170 Å². The molecule has 1 amide bonds. The first-order valence-electron chi connectivity index (χ1n) is 9.55. The van der Waals surface area contributed by atoms with Crippen LogP contribution in [0.4, 0.5) is 13.2 Å². The third-order valence-electron chi connectivity index (χ3n) is 5.15. The van der Waals surface area contributed by atoms with Crippen LogP contribution in [0.5, 0.6) is 0 Å². The third kappa shape index (κ3) is 3.95. The number of hydrogen-bond acceptors (Lipinski definition) is 5. The van der Waals surface area contributed by atoms with Crippen LogP contribution in [0.3, 0.4) is 0 Å². The normalized spacial score (nSPS) is 15.5. The molecule has 3 heterocycles. The van der Waals surface area contributed by atoms with Gasteiger partial charge in [-0.15, -0.1) is 10.2 Å². The molecule has 1 aliphatic rings. The molecular weight excluding hydrogens is 399 g/mol. The first kappa shape index (κ1) is 20.1. The van der Waals surface area contributed by atoms with E-state index < -0.39 is 23.5 Å². The van der Waals surface area contributed by atoms with Gasteiger partial charge in [-0.05, 0) is 31.2 Å². The number of hydrogen-bond donors (Lipinski definition) is 1. The highest BCUT2D eigenvalue weighted by Crippen LogP contribution is 2.21. The quantitative estimate of drug-likeness (QED) is 0.644. The van der Waals surface area contributed by atoms with Crippen LogP contribution in [0, 0.1) is 17.5 Å². The van der Waals surface area contributed by atoms with Crippen molar-refractivity contribution < 1.29 is 22.4 Å². The minimum Gasteiger partial charge on any atom is -0.459 e. The van der Waals surface area contributed by atoms with Crippen LogP contribution in [-0.2, 0) is 19.5 Å². The molecule has 0 unspecified atom stereocenters. The Kier molecular flexibility index (Phi) is 5.58. The molecule has 7 nitrogen and oxygen atoms in total. The number of benzene rings is 1. The van der Waals surface area contributed by atoms with Crippen LogP contribution in [-0.4, -0.2) is 38.7 Å². The van der Waals surface area contributed by atoms with Crippen molar-refractivity contribution >= 4 is 5.91 Å². The molecule has 0 aliphatic carbocycles. The Bertz CT molecular complexity index is 1050. The number of aromatic nitrogens is 3. The summed E-state index contributed by atoms with van der Waals surface area (Å²) in [6, 6.07) is 4.48. The second-order valence-corrected chi connectivity index (χ2v) is 7.15. The van der Waals surface area contributed by atoms with Crippen LogP contribution in [0.1, 0.15) is 40.7 Å². The van der Waals surface area contributed by atoms with Crippen LogP contribution in [0.25, 0.3) is 0 Å². The van der Waals surface area contributed by atoms with E-state index in [9.17, 15) is 18.0 Å². The summed E-state index contributed by atoms with van der Waals surface area (Å²) < 4.78 is 48.5. The SMILES string of the molecule is C[C@H](NC(=O)c1ccco1)c1nnc2n1CCN(Cc1c(F)ccc(F)c1F)CC2. The van der Waals surface area contributed by atoms with Gasteiger partial charge in [0.2, 0.25) is 0 Å². The van der Waals surface area contributed by atoms with Crippen molar-refractivity contribution in [1.82, 2.24) is 25.0 Å². The molecule has 1 atom stereocenters. The molecule has 3 aromatic rings. The number of amides is 1. The van der Waals surface area contributed by atoms with Crippen molar-refractivity contribution in [1.29, 1.82) is 0 Å². The smallest absolute Gasteiger partial charge is 0.287 e. The van der Waals surface area contributed by atoms with E-state index in [0.717, 1.165) is 12.1 Å². The molecule has 30 heavy (non-hydrogen) atoms. The molecule has 0 fully saturated rings. The van der Waals surface area contributed by atoms with Gasteiger partial charge in [0, 0.05) is 38.2 Å². The lowest BCUT2D eigenvalue weighted by atomic mass is 10.1. The molecule has 2 aromatic heterocycles. The number of carbonyl (C=O) groups excluding carboxylic acids is 1. The summed E-state index contributed by atoms with van der Waals surface area (Å²) in [6.45, 7) is 3.16. The number of halogens is 3. The lowest BCUT2D eigenvalue weighted by Gasteiger charge is -2.21. The highest BCUT2D eigenvalue weighted by atomic mass is 19.2. The number of fused-ring (bicyclic) bond motifs is 1. The highest BCUT2D eigenvalue weighted by molar-refractivity contribution is 5.91. The van der Waals surface area contributed by atoms with Gasteiger partial charge in [0.25, 0.3) is 5.91 Å². The lowest BCUT2D eigenvalue weighted by Crippen LogP contribution is -2.30. The van der Waals surface area contributed by atoms with Gasteiger partial charge in [-0.25, -0.2) is 13.2 Å². The monoisotopic (exact) mass is 419 g/mol. The zero-order chi connectivity index (χ0) is 21.3. The van der Waals surface area contributed by atoms with Crippen LogP contribution >= 0.6 is 0 Å². The summed E-state index contributed by atoms with van der Waals surface area (Å²) in [4.78, 5) is 14.1. The molecular formula is C20H20F3N5O2. The van der Waals surface area contributed by atoms with Crippen molar-refractivity contribution in [2.45, 2.75) is 32.5 Å². The predicted octanol–water partition coefficient (Wildman–Crippen LogP) is 2.84. The summed E-state index contributed by atoms with van der Waals surface area (Å²) in [6.07, 6.45) is 1.92. The molecule has 0 saturated heterocycles. The van der Waals surface area contributed by atoms with Gasteiger partial charge in [0.15, 0.2) is 23.2 Å². The molecule has 4 rings (SSSR count). The van der Waals surface area contributed by atoms with Gasteiger partial charge < -0.3 is 14.3 Å². The van der Waals surface area contributed by atoms with Crippen molar-refractivity contribution in [3.63, 3.8) is 0 Å². The van der Waals surface area contributed by atoms with Crippen LogP contribution < -0.4 is 5.32 Å². The van der Waals surface area contributed by atoms with E-state index >= 15 is 0 Å². The largest absolute Gasteiger partial charge is 0.459 e. The minimum atomic E-state index is -1.16. The predicted molar refractivity (Wildman–Crippen MR) is 99.9 cm³/mol. The van der Waals surface area contributed by atoms with Crippen LogP contribution in [0.2, 0.25) is 0 Å². The Hall–Kier alpha value is -3.14. The number of rotatable bonds is 5. The topological polar surface area (TPSA) is 76.2 Å². The first-order chi connectivity index (χ1) is 14.4. The van der Waals surface area contributed by atoms with E-state index in [-0.39, 0.29) is 23.8 Å². The average Bonchev–Trinajstić information content (AvgIpc) is 3.36. The fourth-order valence-corrected chi connectivity index (χ4v) is 3.55. The van der Waals surface area contributed by atoms with Crippen LogP contribution in [0.15, 0.2) is 34.9 Å². The van der Waals surface area contributed by atoms with Crippen molar-refractivity contribution in [2.24, 2.45) is 0 Å². The Balaban J connectivity index is 1.45. The van der Waals surface area contributed by atoms with E-state index in [1.165, 1.54) is 6.26 Å². The fraction of sp³-hybridized carbons (Fsp3) is 0.350. The Morgan fingerprint density at radius 3 is 2.73 bits per heavy atom. The maximum atomic E-state index is 14.0. The molecule has 1 aromatic carbocycles. The zero-order valence-electron chi connectivity index (χ0n) is 16.2. The Morgan fingerprint density at radius 2 is 1.97 bits per heavy atom. The molecule has 0 saturated carbocycles. The number of nitrogens with one attached hydrogen (secondary N) is 1. The van der Waals surface area contributed by atoms with E-state index in [1.807, 2.05) is 9.47 Å². The van der Waals surface area contributed by atoms with E-state index in [0.29, 0.717) is 37.7 Å². The molecule has 0 radical (unpaired) electrons. The average molecular weight is 419 g/mol. The fourth-order valence-electron chi connectivity index (χ4n) is 3.55. The van der Waals surface area contributed by atoms with Gasteiger partial charge in [-0.1, -0.05) is 0 Å². The van der Waals surface area contributed by atoms with E-state index in [4.69, 9.17) is 4.42 Å². The summed E-state index contributed by atoms with van der Waals surface area (Å²) >= 11 is 0. The maximum Gasteiger partial charge on any atom is 0.287 e. The number of nitrogens with zero attached hydrogens (tertiary/aromatic N) is 4. The van der Waals surface area contributed by atoms with Crippen molar-refractivity contribution in [3.8, 4) is 0 Å². The van der Waals surface area contributed by atoms with E-state index in [2.05, 4.69) is 15.5 Å². The molecule has 1 aliphatic heterocycles. The lowest BCUT2D eigenvalue weighted by molar-refractivity contribution is 0.0909. The Morgan fingerprint density at radius 1 is 1.17 bits per heavy atom. The number of furan rings is 1. The summed E-state index contributed by atoms with van der Waals surface area (Å²) in [5.74, 6) is -1.87. The third-order valence-corrected chi connectivity index (χ3v) is 5.15. The summed E-state index contributed by atoms with van der Waals surface area (Å²) in [5, 5.41) is 11.2.